The molecule has 0 fully saturated rings. The van der Waals surface area contributed by atoms with Crippen LogP contribution < -0.4 is 10.6 Å². The highest BCUT2D eigenvalue weighted by molar-refractivity contribution is 7.89. The van der Waals surface area contributed by atoms with Gasteiger partial charge in [-0.25, -0.2) is 8.42 Å². The van der Waals surface area contributed by atoms with Gasteiger partial charge in [-0.3, -0.25) is 4.79 Å². The van der Waals surface area contributed by atoms with Gasteiger partial charge in [0.15, 0.2) is 0 Å². The van der Waals surface area contributed by atoms with Gasteiger partial charge in [0, 0.05) is 18.8 Å². The summed E-state index contributed by atoms with van der Waals surface area (Å²) >= 11 is 6.10. The lowest BCUT2D eigenvalue weighted by atomic mass is 10.2. The van der Waals surface area contributed by atoms with E-state index in [-0.39, 0.29) is 28.4 Å². The third-order valence-electron chi connectivity index (χ3n) is 4.05. The molecule has 0 saturated heterocycles. The van der Waals surface area contributed by atoms with Crippen LogP contribution in [0.3, 0.4) is 0 Å². The van der Waals surface area contributed by atoms with Gasteiger partial charge in [0.2, 0.25) is 15.9 Å². The zero-order valence-corrected chi connectivity index (χ0v) is 17.1. The van der Waals surface area contributed by atoms with Gasteiger partial charge in [0.05, 0.1) is 23.9 Å². The largest absolute Gasteiger partial charge is 0.467 e. The van der Waals surface area contributed by atoms with Gasteiger partial charge in [0.25, 0.3) is 0 Å². The molecule has 1 aromatic heterocycles. The molecule has 1 heterocycles. The van der Waals surface area contributed by atoms with E-state index >= 15 is 0 Å². The summed E-state index contributed by atoms with van der Waals surface area (Å²) in [6.07, 6.45) is 1.54. The standard InChI is InChI=1S/C18H24ClN3O4S/c1-4-22(5-2)27(24,25)17-11-14(8-9-15(17)19)20-12-18(23)21-13(3)16-7-6-10-26-16/h6-11,13,20H,4-5,12H2,1-3H3,(H,21,23). The van der Waals surface area contributed by atoms with Crippen LogP contribution in [0.5, 0.6) is 0 Å². The molecule has 9 heteroatoms. The predicted octanol–water partition coefficient (Wildman–Crippen LogP) is 3.25. The van der Waals surface area contributed by atoms with E-state index in [0.29, 0.717) is 24.5 Å². The van der Waals surface area contributed by atoms with Gasteiger partial charge < -0.3 is 15.1 Å². The highest BCUT2D eigenvalue weighted by Gasteiger charge is 2.24. The Labute approximate surface area is 164 Å². The smallest absolute Gasteiger partial charge is 0.244 e. The average Bonchev–Trinajstić information content (AvgIpc) is 3.16. The molecule has 1 aromatic carbocycles. The van der Waals surface area contributed by atoms with Crippen molar-refractivity contribution in [3.05, 3.63) is 47.4 Å². The number of carbonyl (C=O) groups is 1. The summed E-state index contributed by atoms with van der Waals surface area (Å²) in [6, 6.07) is 7.84. The van der Waals surface area contributed by atoms with E-state index in [1.165, 1.54) is 16.4 Å². The maximum absolute atomic E-state index is 12.7. The van der Waals surface area contributed by atoms with Gasteiger partial charge in [0.1, 0.15) is 10.7 Å². The zero-order chi connectivity index (χ0) is 20.0. The van der Waals surface area contributed by atoms with Crippen LogP contribution in [0.25, 0.3) is 0 Å². The van der Waals surface area contributed by atoms with Crippen molar-refractivity contribution < 1.29 is 17.6 Å². The van der Waals surface area contributed by atoms with Crippen LogP contribution in [0.2, 0.25) is 5.02 Å². The number of halogens is 1. The molecule has 148 valence electrons. The summed E-state index contributed by atoms with van der Waals surface area (Å²) in [4.78, 5) is 12.1. The van der Waals surface area contributed by atoms with Crippen LogP contribution in [0.4, 0.5) is 5.69 Å². The van der Waals surface area contributed by atoms with Crippen molar-refractivity contribution in [1.29, 1.82) is 0 Å². The van der Waals surface area contributed by atoms with Crippen LogP contribution >= 0.6 is 11.6 Å². The van der Waals surface area contributed by atoms with Gasteiger partial charge in [-0.1, -0.05) is 25.4 Å². The van der Waals surface area contributed by atoms with Crippen molar-refractivity contribution in [3.63, 3.8) is 0 Å². The lowest BCUT2D eigenvalue weighted by Gasteiger charge is -2.20. The van der Waals surface area contributed by atoms with Crippen LogP contribution in [0, 0.1) is 0 Å². The SMILES string of the molecule is CCN(CC)S(=O)(=O)c1cc(NCC(=O)NC(C)c2ccco2)ccc1Cl. The van der Waals surface area contributed by atoms with Gasteiger partial charge in [-0.05, 0) is 37.3 Å². The van der Waals surface area contributed by atoms with E-state index in [4.69, 9.17) is 16.0 Å². The first-order valence-corrected chi connectivity index (χ1v) is 10.5. The molecular weight excluding hydrogens is 390 g/mol. The lowest BCUT2D eigenvalue weighted by molar-refractivity contribution is -0.120. The molecule has 0 aliphatic heterocycles. The van der Waals surface area contributed by atoms with Crippen molar-refractivity contribution in [3.8, 4) is 0 Å². The summed E-state index contributed by atoms with van der Waals surface area (Å²) in [7, 11) is -3.69. The number of anilines is 1. The molecule has 1 amide bonds. The summed E-state index contributed by atoms with van der Waals surface area (Å²) in [5, 5.41) is 5.87. The van der Waals surface area contributed by atoms with Gasteiger partial charge in [-0.2, -0.15) is 4.31 Å². The number of sulfonamides is 1. The normalized spacial score (nSPS) is 12.8. The monoisotopic (exact) mass is 413 g/mol. The lowest BCUT2D eigenvalue weighted by Crippen LogP contribution is -2.32. The number of nitrogens with zero attached hydrogens (tertiary/aromatic N) is 1. The predicted molar refractivity (Wildman–Crippen MR) is 105 cm³/mol. The van der Waals surface area contributed by atoms with Crippen molar-refractivity contribution in [2.24, 2.45) is 0 Å². The van der Waals surface area contributed by atoms with Gasteiger partial charge in [-0.15, -0.1) is 0 Å². The van der Waals surface area contributed by atoms with Crippen LogP contribution in [0.1, 0.15) is 32.6 Å². The fourth-order valence-electron chi connectivity index (χ4n) is 2.60. The minimum absolute atomic E-state index is 0.0160. The Morgan fingerprint density at radius 1 is 1.26 bits per heavy atom. The number of hydrogen-bond donors (Lipinski definition) is 2. The molecule has 7 nitrogen and oxygen atoms in total. The second-order valence-electron chi connectivity index (χ2n) is 5.89. The topological polar surface area (TPSA) is 91.7 Å². The maximum atomic E-state index is 12.7. The van der Waals surface area contributed by atoms with Gasteiger partial charge >= 0.3 is 0 Å². The Hall–Kier alpha value is -2.03. The Kier molecular flexibility index (Phi) is 7.29. The number of benzene rings is 1. The molecule has 0 bridgehead atoms. The highest BCUT2D eigenvalue weighted by atomic mass is 35.5. The molecule has 2 aromatic rings. The fraction of sp³-hybridized carbons (Fsp3) is 0.389. The number of nitrogens with one attached hydrogen (secondary N) is 2. The first-order valence-electron chi connectivity index (χ1n) is 8.65. The van der Waals surface area contributed by atoms with Crippen molar-refractivity contribution >= 4 is 33.2 Å². The fourth-order valence-corrected chi connectivity index (χ4v) is 4.56. The van der Waals surface area contributed by atoms with Crippen molar-refractivity contribution in [1.82, 2.24) is 9.62 Å². The number of carbonyl (C=O) groups excluding carboxylic acids is 1. The van der Waals surface area contributed by atoms with Crippen LogP contribution in [-0.4, -0.2) is 38.3 Å². The Bertz CT molecular complexity index is 865. The van der Waals surface area contributed by atoms with E-state index < -0.39 is 10.0 Å². The zero-order valence-electron chi connectivity index (χ0n) is 15.5. The second kappa shape index (κ2) is 9.25. The molecule has 0 spiro atoms. The summed E-state index contributed by atoms with van der Waals surface area (Å²) in [6.45, 7) is 6.02. The molecule has 2 N–H and O–H groups in total. The van der Waals surface area contributed by atoms with Crippen LogP contribution in [-0.2, 0) is 14.8 Å². The molecular formula is C18H24ClN3O4S. The second-order valence-corrected chi connectivity index (χ2v) is 8.21. The minimum Gasteiger partial charge on any atom is -0.467 e. The van der Waals surface area contributed by atoms with E-state index in [2.05, 4.69) is 10.6 Å². The van der Waals surface area contributed by atoms with E-state index in [0.717, 1.165) is 0 Å². The molecule has 2 rings (SSSR count). The number of hydrogen-bond acceptors (Lipinski definition) is 5. The summed E-state index contributed by atoms with van der Waals surface area (Å²) in [5.41, 5.74) is 0.492. The minimum atomic E-state index is -3.69. The number of amides is 1. The summed E-state index contributed by atoms with van der Waals surface area (Å²) < 4.78 is 32.0. The molecule has 1 atom stereocenters. The maximum Gasteiger partial charge on any atom is 0.244 e. The first-order chi connectivity index (χ1) is 12.8. The molecule has 27 heavy (non-hydrogen) atoms. The molecule has 0 radical (unpaired) electrons. The van der Waals surface area contributed by atoms with Crippen molar-refractivity contribution in [2.75, 3.05) is 25.0 Å². The highest BCUT2D eigenvalue weighted by Crippen LogP contribution is 2.27. The number of rotatable bonds is 9. The third-order valence-corrected chi connectivity index (χ3v) is 6.59. The van der Waals surface area contributed by atoms with E-state index in [9.17, 15) is 13.2 Å². The number of furan rings is 1. The molecule has 0 aliphatic rings. The third kappa shape index (κ3) is 5.24. The molecule has 0 saturated carbocycles. The van der Waals surface area contributed by atoms with Crippen molar-refractivity contribution in [2.45, 2.75) is 31.7 Å². The average molecular weight is 414 g/mol. The first kappa shape index (κ1) is 21.3. The van der Waals surface area contributed by atoms with E-state index in [1.54, 1.807) is 38.3 Å². The summed E-state index contributed by atoms with van der Waals surface area (Å²) in [5.74, 6) is 0.407. The Balaban J connectivity index is 2.06. The van der Waals surface area contributed by atoms with Crippen LogP contribution in [0.15, 0.2) is 45.9 Å². The quantitative estimate of drug-likeness (QED) is 0.658. The molecule has 0 aliphatic carbocycles. The molecule has 1 unspecified atom stereocenters. The van der Waals surface area contributed by atoms with E-state index in [1.807, 2.05) is 6.92 Å². The Morgan fingerprint density at radius 2 is 1.96 bits per heavy atom. The Morgan fingerprint density at radius 3 is 2.56 bits per heavy atom.